The summed E-state index contributed by atoms with van der Waals surface area (Å²) in [6.45, 7) is 0.709. The van der Waals surface area contributed by atoms with Crippen LogP contribution in [-0.4, -0.2) is 29.7 Å². The van der Waals surface area contributed by atoms with E-state index in [1.165, 1.54) is 12.1 Å². The Bertz CT molecular complexity index is 1350. The predicted molar refractivity (Wildman–Crippen MR) is 156 cm³/mol. The van der Waals surface area contributed by atoms with Gasteiger partial charge in [-0.3, -0.25) is 4.79 Å². The lowest BCUT2D eigenvalue weighted by Gasteiger charge is -2.25. The standard InChI is InChI=1S/C31H29F2IN2O3/c32-24-13-23(14-25(33)18-24)16-29(30(37)20-35-19-22-5-4-6-26(34)15-22)36-31(38)17-21-9-11-28(12-10-21)39-27-7-2-1-3-8-27/h1-15,18,29-30,35,37H,16-17,19-20H2,(H,36,38). The van der Waals surface area contributed by atoms with Gasteiger partial charge in [-0.15, -0.1) is 0 Å². The van der Waals surface area contributed by atoms with Gasteiger partial charge in [0.05, 0.1) is 18.6 Å². The highest BCUT2D eigenvalue weighted by atomic mass is 127. The third-order valence-corrected chi connectivity index (χ3v) is 6.70. The van der Waals surface area contributed by atoms with E-state index in [2.05, 4.69) is 33.2 Å². The first-order valence-corrected chi connectivity index (χ1v) is 13.6. The molecule has 0 aliphatic heterocycles. The Balaban J connectivity index is 1.38. The van der Waals surface area contributed by atoms with Crippen LogP contribution in [0.2, 0.25) is 0 Å². The molecule has 4 aromatic carbocycles. The van der Waals surface area contributed by atoms with Crippen LogP contribution >= 0.6 is 22.6 Å². The highest BCUT2D eigenvalue weighted by Gasteiger charge is 2.22. The molecule has 0 radical (unpaired) electrons. The first kappa shape index (κ1) is 28.7. The molecule has 3 N–H and O–H groups in total. The van der Waals surface area contributed by atoms with Gasteiger partial charge in [0.25, 0.3) is 0 Å². The van der Waals surface area contributed by atoms with Crippen LogP contribution in [0.15, 0.2) is 97.1 Å². The average molecular weight is 642 g/mol. The van der Waals surface area contributed by atoms with Gasteiger partial charge in [-0.2, -0.15) is 0 Å². The topological polar surface area (TPSA) is 70.6 Å². The molecule has 1 amide bonds. The Morgan fingerprint density at radius 3 is 2.21 bits per heavy atom. The number of para-hydroxylation sites is 1. The predicted octanol–water partition coefficient (Wildman–Crippen LogP) is 5.78. The van der Waals surface area contributed by atoms with Crippen molar-refractivity contribution in [2.45, 2.75) is 31.5 Å². The van der Waals surface area contributed by atoms with Crippen molar-refractivity contribution >= 4 is 28.5 Å². The average Bonchev–Trinajstić information content (AvgIpc) is 2.89. The molecule has 4 aromatic rings. The van der Waals surface area contributed by atoms with Crippen LogP contribution in [0, 0.1) is 15.2 Å². The zero-order chi connectivity index (χ0) is 27.6. The lowest BCUT2D eigenvalue weighted by Crippen LogP contribution is -2.49. The quantitative estimate of drug-likeness (QED) is 0.172. The SMILES string of the molecule is O=C(Cc1ccc(Oc2ccccc2)cc1)NC(Cc1cc(F)cc(F)c1)C(O)CNCc1cccc(I)c1. The molecule has 0 aliphatic carbocycles. The molecule has 8 heteroatoms. The van der Waals surface area contributed by atoms with Crippen molar-refractivity contribution in [3.63, 3.8) is 0 Å². The number of hydrogen-bond donors (Lipinski definition) is 3. The monoisotopic (exact) mass is 642 g/mol. The van der Waals surface area contributed by atoms with E-state index in [9.17, 15) is 18.7 Å². The maximum absolute atomic E-state index is 13.8. The van der Waals surface area contributed by atoms with Gasteiger partial charge < -0.3 is 20.5 Å². The van der Waals surface area contributed by atoms with Crippen molar-refractivity contribution in [3.05, 3.63) is 129 Å². The van der Waals surface area contributed by atoms with Gasteiger partial charge in [-0.1, -0.05) is 42.5 Å². The van der Waals surface area contributed by atoms with E-state index in [4.69, 9.17) is 4.74 Å². The Morgan fingerprint density at radius 1 is 0.821 bits per heavy atom. The van der Waals surface area contributed by atoms with Crippen LogP contribution in [0.25, 0.3) is 0 Å². The van der Waals surface area contributed by atoms with Gasteiger partial charge in [0.1, 0.15) is 23.1 Å². The molecule has 0 aromatic heterocycles. The van der Waals surface area contributed by atoms with Gasteiger partial charge in [-0.05, 0) is 94.2 Å². The van der Waals surface area contributed by atoms with E-state index >= 15 is 0 Å². The number of benzene rings is 4. The van der Waals surface area contributed by atoms with Crippen LogP contribution in [0.4, 0.5) is 8.78 Å². The summed E-state index contributed by atoms with van der Waals surface area (Å²) in [6.07, 6.45) is -0.858. The first-order chi connectivity index (χ1) is 18.8. The summed E-state index contributed by atoms with van der Waals surface area (Å²) in [4.78, 5) is 12.9. The van der Waals surface area contributed by atoms with E-state index in [0.29, 0.717) is 23.6 Å². The Hall–Kier alpha value is -3.34. The molecule has 0 aliphatic rings. The van der Waals surface area contributed by atoms with Crippen molar-refractivity contribution in [2.75, 3.05) is 6.54 Å². The second-order valence-electron chi connectivity index (χ2n) is 9.22. The number of aliphatic hydroxyl groups excluding tert-OH is 1. The molecular weight excluding hydrogens is 613 g/mol. The third-order valence-electron chi connectivity index (χ3n) is 6.03. The van der Waals surface area contributed by atoms with E-state index in [0.717, 1.165) is 20.8 Å². The zero-order valence-corrected chi connectivity index (χ0v) is 23.3. The summed E-state index contributed by atoms with van der Waals surface area (Å²) in [7, 11) is 0. The minimum Gasteiger partial charge on any atom is -0.457 e. The molecule has 0 heterocycles. The molecule has 0 saturated heterocycles. The third kappa shape index (κ3) is 9.42. The van der Waals surface area contributed by atoms with E-state index in [1.807, 2.05) is 54.6 Å². The molecule has 2 atom stereocenters. The van der Waals surface area contributed by atoms with Crippen LogP contribution in [0.5, 0.6) is 11.5 Å². The number of ether oxygens (including phenoxy) is 1. The Kier molecular flexibility index (Phi) is 10.4. The van der Waals surface area contributed by atoms with Crippen molar-refractivity contribution < 1.29 is 23.4 Å². The molecule has 0 saturated carbocycles. The number of rotatable bonds is 12. The first-order valence-electron chi connectivity index (χ1n) is 12.5. The summed E-state index contributed by atoms with van der Waals surface area (Å²) >= 11 is 2.23. The molecule has 39 heavy (non-hydrogen) atoms. The fourth-order valence-electron chi connectivity index (χ4n) is 4.16. The van der Waals surface area contributed by atoms with E-state index in [1.54, 1.807) is 24.3 Å². The summed E-state index contributed by atoms with van der Waals surface area (Å²) in [5.41, 5.74) is 2.16. The maximum Gasteiger partial charge on any atom is 0.224 e. The number of hydrogen-bond acceptors (Lipinski definition) is 4. The molecule has 0 bridgehead atoms. The number of nitrogens with one attached hydrogen (secondary N) is 2. The van der Waals surface area contributed by atoms with Gasteiger partial charge in [0.2, 0.25) is 5.91 Å². The van der Waals surface area contributed by atoms with Crippen LogP contribution < -0.4 is 15.4 Å². The number of halogens is 3. The van der Waals surface area contributed by atoms with E-state index < -0.39 is 23.8 Å². The van der Waals surface area contributed by atoms with E-state index in [-0.39, 0.29) is 25.3 Å². The molecular formula is C31H29F2IN2O3. The molecule has 202 valence electrons. The number of amides is 1. The van der Waals surface area contributed by atoms with Crippen molar-refractivity contribution in [1.29, 1.82) is 0 Å². The molecule has 4 rings (SSSR count). The highest BCUT2D eigenvalue weighted by Crippen LogP contribution is 2.21. The zero-order valence-electron chi connectivity index (χ0n) is 21.1. The largest absolute Gasteiger partial charge is 0.457 e. The summed E-state index contributed by atoms with van der Waals surface area (Å²) in [6, 6.07) is 27.0. The van der Waals surface area contributed by atoms with Crippen molar-refractivity contribution in [2.24, 2.45) is 0 Å². The lowest BCUT2D eigenvalue weighted by atomic mass is 10.00. The number of carbonyl (C=O) groups is 1. The smallest absolute Gasteiger partial charge is 0.224 e. The molecule has 0 spiro atoms. The van der Waals surface area contributed by atoms with Gasteiger partial charge in [-0.25, -0.2) is 8.78 Å². The summed E-state index contributed by atoms with van der Waals surface area (Å²) < 4.78 is 34.5. The number of aliphatic hydroxyl groups is 1. The molecule has 0 fully saturated rings. The van der Waals surface area contributed by atoms with Crippen molar-refractivity contribution in [1.82, 2.24) is 10.6 Å². The van der Waals surface area contributed by atoms with Crippen LogP contribution in [-0.2, 0) is 24.2 Å². The fourth-order valence-corrected chi connectivity index (χ4v) is 4.77. The van der Waals surface area contributed by atoms with Crippen LogP contribution in [0.3, 0.4) is 0 Å². The summed E-state index contributed by atoms with van der Waals surface area (Å²) in [5, 5.41) is 17.0. The molecule has 5 nitrogen and oxygen atoms in total. The van der Waals surface area contributed by atoms with Gasteiger partial charge in [0.15, 0.2) is 0 Å². The lowest BCUT2D eigenvalue weighted by molar-refractivity contribution is -0.122. The second-order valence-corrected chi connectivity index (χ2v) is 10.5. The minimum atomic E-state index is -0.996. The fraction of sp³-hybridized carbons (Fsp3) is 0.194. The normalized spacial score (nSPS) is 12.5. The highest BCUT2D eigenvalue weighted by molar-refractivity contribution is 14.1. The van der Waals surface area contributed by atoms with Crippen molar-refractivity contribution in [3.8, 4) is 11.5 Å². The van der Waals surface area contributed by atoms with Crippen LogP contribution in [0.1, 0.15) is 16.7 Å². The number of carbonyl (C=O) groups excluding carboxylic acids is 1. The summed E-state index contributed by atoms with van der Waals surface area (Å²) in [5.74, 6) is -0.376. The second kappa shape index (κ2) is 14.2. The van der Waals surface area contributed by atoms with Gasteiger partial charge >= 0.3 is 0 Å². The van der Waals surface area contributed by atoms with Gasteiger partial charge in [0, 0.05) is 22.7 Å². The minimum absolute atomic E-state index is 0.0658. The maximum atomic E-state index is 13.8. The Labute approximate surface area is 240 Å². The Morgan fingerprint density at radius 2 is 1.51 bits per heavy atom. The molecule has 2 unspecified atom stereocenters.